The fourth-order valence-corrected chi connectivity index (χ4v) is 4.19. The number of halogens is 1. The number of carbonyl (C=O) groups is 3. The SMILES string of the molecule is NC(C(=O)NC1C(=O)N2C(C(=O)O)=C(Cl)CS[C@H]12)c1ccccc1. The monoisotopic (exact) mass is 367 g/mol. The number of thioether (sulfide) groups is 1. The molecule has 2 aliphatic rings. The van der Waals surface area contributed by atoms with E-state index in [0.29, 0.717) is 5.56 Å². The number of β-lactam (4-membered cyclic amide) rings is 1. The van der Waals surface area contributed by atoms with E-state index < -0.39 is 35.2 Å². The van der Waals surface area contributed by atoms with E-state index in [-0.39, 0.29) is 16.5 Å². The summed E-state index contributed by atoms with van der Waals surface area (Å²) < 4.78 is 0. The predicted molar refractivity (Wildman–Crippen MR) is 88.9 cm³/mol. The van der Waals surface area contributed by atoms with E-state index in [4.69, 9.17) is 17.3 Å². The minimum Gasteiger partial charge on any atom is -0.477 e. The van der Waals surface area contributed by atoms with E-state index >= 15 is 0 Å². The van der Waals surface area contributed by atoms with E-state index in [2.05, 4.69) is 5.32 Å². The van der Waals surface area contributed by atoms with Crippen molar-refractivity contribution in [2.24, 2.45) is 5.73 Å². The van der Waals surface area contributed by atoms with Crippen LogP contribution >= 0.6 is 23.4 Å². The highest BCUT2D eigenvalue weighted by Gasteiger charge is 2.54. The summed E-state index contributed by atoms with van der Waals surface area (Å²) in [5.41, 5.74) is 6.32. The Hall–Kier alpha value is -2.03. The highest BCUT2D eigenvalue weighted by molar-refractivity contribution is 8.00. The van der Waals surface area contributed by atoms with Crippen molar-refractivity contribution < 1.29 is 19.5 Å². The molecule has 9 heteroatoms. The van der Waals surface area contributed by atoms with E-state index in [1.807, 2.05) is 6.07 Å². The summed E-state index contributed by atoms with van der Waals surface area (Å²) in [7, 11) is 0. The standard InChI is InChI=1S/C15H14ClN3O4S/c16-8-6-24-14-10(13(21)19(14)11(8)15(22)23)18-12(20)9(17)7-4-2-1-3-5-7/h1-5,9-10,14H,6,17H2,(H,18,20)(H,22,23)/t9?,10?,14-/m1/s1. The van der Waals surface area contributed by atoms with Crippen LogP contribution in [0.15, 0.2) is 41.1 Å². The summed E-state index contributed by atoms with van der Waals surface area (Å²) in [5.74, 6) is -1.98. The number of carboxylic acids is 1. The van der Waals surface area contributed by atoms with Crippen LogP contribution in [0.1, 0.15) is 11.6 Å². The Kier molecular flexibility index (Phi) is 4.53. The van der Waals surface area contributed by atoms with Gasteiger partial charge in [0.15, 0.2) is 0 Å². The molecule has 0 bridgehead atoms. The number of amides is 2. The van der Waals surface area contributed by atoms with Crippen molar-refractivity contribution >= 4 is 41.1 Å². The Labute approximate surface area is 146 Å². The predicted octanol–water partition coefficient (Wildman–Crippen LogP) is 0.621. The van der Waals surface area contributed by atoms with Crippen molar-refractivity contribution in [1.29, 1.82) is 0 Å². The van der Waals surface area contributed by atoms with Crippen molar-refractivity contribution in [2.75, 3.05) is 5.75 Å². The van der Waals surface area contributed by atoms with Crippen LogP contribution in [0.5, 0.6) is 0 Å². The Morgan fingerprint density at radius 1 is 1.38 bits per heavy atom. The molecular formula is C15H14ClN3O4S. The molecule has 4 N–H and O–H groups in total. The van der Waals surface area contributed by atoms with Gasteiger partial charge in [-0.3, -0.25) is 14.5 Å². The molecule has 0 saturated carbocycles. The lowest BCUT2D eigenvalue weighted by atomic mass is 10.0. The number of carbonyl (C=O) groups excluding carboxylic acids is 2. The zero-order valence-electron chi connectivity index (χ0n) is 12.3. The second-order valence-electron chi connectivity index (χ2n) is 5.34. The number of nitrogens with zero attached hydrogens (tertiary/aromatic N) is 1. The molecule has 0 radical (unpaired) electrons. The average Bonchev–Trinajstić information content (AvgIpc) is 2.59. The van der Waals surface area contributed by atoms with E-state index in [0.717, 1.165) is 4.90 Å². The maximum absolute atomic E-state index is 12.3. The van der Waals surface area contributed by atoms with Crippen molar-refractivity contribution in [2.45, 2.75) is 17.5 Å². The minimum absolute atomic E-state index is 0.114. The minimum atomic E-state index is -1.26. The van der Waals surface area contributed by atoms with Gasteiger partial charge in [-0.15, -0.1) is 11.8 Å². The van der Waals surface area contributed by atoms with Gasteiger partial charge in [-0.2, -0.15) is 0 Å². The third kappa shape index (κ3) is 2.77. The fourth-order valence-electron chi connectivity index (χ4n) is 2.64. The molecule has 7 nitrogen and oxygen atoms in total. The number of fused-ring (bicyclic) bond motifs is 1. The van der Waals surface area contributed by atoms with Crippen molar-refractivity contribution in [3.8, 4) is 0 Å². The average molecular weight is 368 g/mol. The lowest BCUT2D eigenvalue weighted by Crippen LogP contribution is -2.70. The molecule has 3 rings (SSSR count). The number of nitrogens with one attached hydrogen (secondary N) is 1. The summed E-state index contributed by atoms with van der Waals surface area (Å²) in [5, 5.41) is 11.4. The van der Waals surface area contributed by atoms with Gasteiger partial charge in [-0.1, -0.05) is 41.9 Å². The molecule has 24 heavy (non-hydrogen) atoms. The molecule has 2 unspecified atom stereocenters. The summed E-state index contributed by atoms with van der Waals surface area (Å²) in [4.78, 5) is 36.9. The highest BCUT2D eigenvalue weighted by atomic mass is 35.5. The quantitative estimate of drug-likeness (QED) is 0.672. The lowest BCUT2D eigenvalue weighted by molar-refractivity contribution is -0.150. The molecule has 0 aliphatic carbocycles. The number of benzene rings is 1. The molecule has 2 amide bonds. The first-order valence-electron chi connectivity index (χ1n) is 7.09. The van der Waals surface area contributed by atoms with Gasteiger partial charge in [0.1, 0.15) is 23.2 Å². The summed E-state index contributed by atoms with van der Waals surface area (Å²) in [6.45, 7) is 0. The van der Waals surface area contributed by atoms with Crippen LogP contribution in [0.25, 0.3) is 0 Å². The number of hydrogen-bond donors (Lipinski definition) is 3. The van der Waals surface area contributed by atoms with Gasteiger partial charge in [-0.25, -0.2) is 4.79 Å². The van der Waals surface area contributed by atoms with Gasteiger partial charge in [0.2, 0.25) is 5.91 Å². The van der Waals surface area contributed by atoms with Gasteiger partial charge in [-0.05, 0) is 5.56 Å². The van der Waals surface area contributed by atoms with Crippen LogP contribution in [-0.2, 0) is 14.4 Å². The first-order valence-corrected chi connectivity index (χ1v) is 8.52. The van der Waals surface area contributed by atoms with E-state index in [1.165, 1.54) is 11.8 Å². The maximum Gasteiger partial charge on any atom is 0.353 e. The second-order valence-corrected chi connectivity index (χ2v) is 6.90. The van der Waals surface area contributed by atoms with Crippen LogP contribution in [-0.4, -0.2) is 45.0 Å². The smallest absolute Gasteiger partial charge is 0.353 e. The van der Waals surface area contributed by atoms with Crippen LogP contribution in [0.3, 0.4) is 0 Å². The zero-order chi connectivity index (χ0) is 17.4. The van der Waals surface area contributed by atoms with Gasteiger partial charge in [0.25, 0.3) is 5.91 Å². The molecule has 0 spiro atoms. The fraction of sp³-hybridized carbons (Fsp3) is 0.267. The van der Waals surface area contributed by atoms with Crippen LogP contribution in [0.2, 0.25) is 0 Å². The van der Waals surface area contributed by atoms with Gasteiger partial charge in [0, 0.05) is 5.75 Å². The number of carboxylic acid groups (broad SMARTS) is 1. The molecule has 0 aromatic heterocycles. The van der Waals surface area contributed by atoms with E-state index in [1.54, 1.807) is 24.3 Å². The summed E-state index contributed by atoms with van der Waals surface area (Å²) in [6, 6.07) is 7.07. The number of hydrogen-bond acceptors (Lipinski definition) is 5. The zero-order valence-corrected chi connectivity index (χ0v) is 13.9. The van der Waals surface area contributed by atoms with Crippen molar-refractivity contribution in [3.05, 3.63) is 46.6 Å². The molecule has 1 aromatic carbocycles. The largest absolute Gasteiger partial charge is 0.477 e. The first kappa shape index (κ1) is 16.8. The third-order valence-electron chi connectivity index (χ3n) is 3.86. The number of nitrogens with two attached hydrogens (primary N) is 1. The maximum atomic E-state index is 12.3. The van der Waals surface area contributed by atoms with Crippen molar-refractivity contribution in [1.82, 2.24) is 10.2 Å². The van der Waals surface area contributed by atoms with Crippen LogP contribution in [0, 0.1) is 0 Å². The highest BCUT2D eigenvalue weighted by Crippen LogP contribution is 2.41. The molecule has 2 aliphatic heterocycles. The molecule has 1 saturated heterocycles. The Morgan fingerprint density at radius 3 is 2.67 bits per heavy atom. The van der Waals surface area contributed by atoms with Crippen molar-refractivity contribution in [3.63, 3.8) is 0 Å². The van der Waals surface area contributed by atoms with Gasteiger partial charge < -0.3 is 16.2 Å². The van der Waals surface area contributed by atoms with Gasteiger partial charge >= 0.3 is 5.97 Å². The Balaban J connectivity index is 1.71. The van der Waals surface area contributed by atoms with Crippen LogP contribution < -0.4 is 11.1 Å². The molecule has 126 valence electrons. The molecule has 2 heterocycles. The normalized spacial score (nSPS) is 24.1. The summed E-state index contributed by atoms with van der Waals surface area (Å²) >= 11 is 7.20. The molecule has 1 fully saturated rings. The third-order valence-corrected chi connectivity index (χ3v) is 5.61. The topological polar surface area (TPSA) is 113 Å². The first-order chi connectivity index (χ1) is 11.4. The van der Waals surface area contributed by atoms with E-state index in [9.17, 15) is 19.5 Å². The summed E-state index contributed by atoms with van der Waals surface area (Å²) in [6.07, 6.45) is 0. The molecule has 1 aromatic rings. The molecular weight excluding hydrogens is 354 g/mol. The molecule has 3 atom stereocenters. The lowest BCUT2D eigenvalue weighted by Gasteiger charge is -2.48. The number of aliphatic carboxylic acids is 1. The second kappa shape index (κ2) is 6.46. The number of rotatable bonds is 4. The Bertz CT molecular complexity index is 739. The van der Waals surface area contributed by atoms with Crippen LogP contribution in [0.4, 0.5) is 0 Å². The Morgan fingerprint density at radius 2 is 2.04 bits per heavy atom. The van der Waals surface area contributed by atoms with Gasteiger partial charge in [0.05, 0.1) is 5.03 Å².